The average Bonchev–Trinajstić information content (AvgIpc) is 3.02. The second kappa shape index (κ2) is 7.15. The van der Waals surface area contributed by atoms with Crippen molar-refractivity contribution in [3.63, 3.8) is 0 Å². The Morgan fingerprint density at radius 2 is 1.91 bits per heavy atom. The molecule has 1 amide bonds. The van der Waals surface area contributed by atoms with Crippen molar-refractivity contribution in [3.05, 3.63) is 59.2 Å². The van der Waals surface area contributed by atoms with Crippen molar-refractivity contribution < 1.29 is 14.3 Å². The quantitative estimate of drug-likeness (QED) is 0.858. The molecule has 2 N–H and O–H groups in total. The number of hydrogen-bond donors (Lipinski definition) is 2. The summed E-state index contributed by atoms with van der Waals surface area (Å²) in [5.74, 6) is 1.45. The summed E-state index contributed by atoms with van der Waals surface area (Å²) in [7, 11) is 0. The Morgan fingerprint density at radius 1 is 1.09 bits per heavy atom. The standard InChI is InChI=1S/C18H20N2O3/c1-13-4-2-3-5-15(13)10-19-11-18(21)20-9-14-6-7-16-17(8-14)23-12-22-16/h2-8,19H,9-12H2,1H3,(H,20,21). The van der Waals surface area contributed by atoms with Crippen LogP contribution in [0.15, 0.2) is 42.5 Å². The molecule has 0 aliphatic carbocycles. The van der Waals surface area contributed by atoms with Crippen molar-refractivity contribution in [2.75, 3.05) is 13.3 Å². The van der Waals surface area contributed by atoms with E-state index in [-0.39, 0.29) is 12.7 Å². The van der Waals surface area contributed by atoms with Gasteiger partial charge in [-0.2, -0.15) is 0 Å². The van der Waals surface area contributed by atoms with E-state index in [1.165, 1.54) is 11.1 Å². The average molecular weight is 312 g/mol. The van der Waals surface area contributed by atoms with Crippen molar-refractivity contribution in [2.45, 2.75) is 20.0 Å². The molecule has 0 saturated carbocycles. The third-order valence-corrected chi connectivity index (χ3v) is 3.79. The molecule has 0 fully saturated rings. The lowest BCUT2D eigenvalue weighted by Gasteiger charge is -2.09. The van der Waals surface area contributed by atoms with Gasteiger partial charge in [0.1, 0.15) is 0 Å². The van der Waals surface area contributed by atoms with Gasteiger partial charge in [0, 0.05) is 13.1 Å². The highest BCUT2D eigenvalue weighted by Gasteiger charge is 2.13. The van der Waals surface area contributed by atoms with Crippen LogP contribution in [0, 0.1) is 6.92 Å². The summed E-state index contributed by atoms with van der Waals surface area (Å²) in [6.45, 7) is 3.77. The van der Waals surface area contributed by atoms with E-state index in [4.69, 9.17) is 9.47 Å². The Kier molecular flexibility index (Phi) is 4.78. The second-order valence-corrected chi connectivity index (χ2v) is 5.49. The van der Waals surface area contributed by atoms with Crippen LogP contribution in [0.4, 0.5) is 0 Å². The number of aryl methyl sites for hydroxylation is 1. The van der Waals surface area contributed by atoms with E-state index in [9.17, 15) is 4.79 Å². The second-order valence-electron chi connectivity index (χ2n) is 5.49. The SMILES string of the molecule is Cc1ccccc1CNCC(=O)NCc1ccc2c(c1)OCO2. The van der Waals surface area contributed by atoms with Crippen molar-refractivity contribution in [1.82, 2.24) is 10.6 Å². The van der Waals surface area contributed by atoms with Crippen LogP contribution >= 0.6 is 0 Å². The van der Waals surface area contributed by atoms with Crippen LogP contribution in [0.2, 0.25) is 0 Å². The number of carbonyl (C=O) groups is 1. The third-order valence-electron chi connectivity index (χ3n) is 3.79. The van der Waals surface area contributed by atoms with Crippen LogP contribution < -0.4 is 20.1 Å². The molecule has 1 aliphatic heterocycles. The van der Waals surface area contributed by atoms with Crippen LogP contribution in [0.25, 0.3) is 0 Å². The molecule has 0 atom stereocenters. The fourth-order valence-electron chi connectivity index (χ4n) is 2.43. The summed E-state index contributed by atoms with van der Waals surface area (Å²) >= 11 is 0. The van der Waals surface area contributed by atoms with Gasteiger partial charge in [0.2, 0.25) is 12.7 Å². The van der Waals surface area contributed by atoms with Gasteiger partial charge in [-0.1, -0.05) is 30.3 Å². The maximum absolute atomic E-state index is 11.9. The van der Waals surface area contributed by atoms with E-state index in [1.54, 1.807) is 0 Å². The van der Waals surface area contributed by atoms with Crippen molar-refractivity contribution in [1.29, 1.82) is 0 Å². The first kappa shape index (κ1) is 15.4. The molecular weight excluding hydrogens is 292 g/mol. The molecule has 0 radical (unpaired) electrons. The van der Waals surface area contributed by atoms with E-state index in [0.717, 1.165) is 17.1 Å². The zero-order valence-electron chi connectivity index (χ0n) is 13.1. The summed E-state index contributed by atoms with van der Waals surface area (Å²) in [5, 5.41) is 6.06. The van der Waals surface area contributed by atoms with Gasteiger partial charge in [0.05, 0.1) is 6.54 Å². The summed E-state index contributed by atoms with van der Waals surface area (Å²) in [6.07, 6.45) is 0. The normalized spacial score (nSPS) is 12.2. The first-order chi connectivity index (χ1) is 11.2. The number of amides is 1. The van der Waals surface area contributed by atoms with E-state index < -0.39 is 0 Å². The van der Waals surface area contributed by atoms with E-state index in [1.807, 2.05) is 30.3 Å². The molecule has 3 rings (SSSR count). The number of fused-ring (bicyclic) bond motifs is 1. The lowest BCUT2D eigenvalue weighted by atomic mass is 10.1. The van der Waals surface area contributed by atoms with E-state index in [0.29, 0.717) is 19.6 Å². The van der Waals surface area contributed by atoms with E-state index >= 15 is 0 Å². The molecule has 5 nitrogen and oxygen atoms in total. The lowest BCUT2D eigenvalue weighted by Crippen LogP contribution is -2.33. The maximum Gasteiger partial charge on any atom is 0.234 e. The Labute approximate surface area is 135 Å². The molecule has 120 valence electrons. The molecule has 2 aromatic carbocycles. The molecule has 1 heterocycles. The predicted octanol–water partition coefficient (Wildman–Crippen LogP) is 2.13. The van der Waals surface area contributed by atoms with Gasteiger partial charge >= 0.3 is 0 Å². The van der Waals surface area contributed by atoms with Gasteiger partial charge in [0.25, 0.3) is 0 Å². The highest BCUT2D eigenvalue weighted by molar-refractivity contribution is 5.78. The monoisotopic (exact) mass is 312 g/mol. The predicted molar refractivity (Wildman–Crippen MR) is 87.3 cm³/mol. The fraction of sp³-hybridized carbons (Fsp3) is 0.278. The Balaban J connectivity index is 1.42. The summed E-state index contributed by atoms with van der Waals surface area (Å²) in [5.41, 5.74) is 3.42. The Morgan fingerprint density at radius 3 is 2.78 bits per heavy atom. The third kappa shape index (κ3) is 4.02. The van der Waals surface area contributed by atoms with Gasteiger partial charge in [-0.15, -0.1) is 0 Å². The smallest absolute Gasteiger partial charge is 0.234 e. The van der Waals surface area contributed by atoms with Crippen LogP contribution in [0.3, 0.4) is 0 Å². The highest BCUT2D eigenvalue weighted by Crippen LogP contribution is 2.32. The summed E-state index contributed by atoms with van der Waals surface area (Å²) in [4.78, 5) is 11.9. The van der Waals surface area contributed by atoms with Gasteiger partial charge in [-0.25, -0.2) is 0 Å². The van der Waals surface area contributed by atoms with Crippen LogP contribution in [0.5, 0.6) is 11.5 Å². The maximum atomic E-state index is 11.9. The van der Waals surface area contributed by atoms with Gasteiger partial charge in [0.15, 0.2) is 11.5 Å². The van der Waals surface area contributed by atoms with Crippen molar-refractivity contribution >= 4 is 5.91 Å². The molecule has 5 heteroatoms. The topological polar surface area (TPSA) is 59.6 Å². The first-order valence-corrected chi connectivity index (χ1v) is 7.63. The zero-order chi connectivity index (χ0) is 16.1. The van der Waals surface area contributed by atoms with Gasteiger partial charge in [-0.05, 0) is 35.7 Å². The number of hydrogen-bond acceptors (Lipinski definition) is 4. The van der Waals surface area contributed by atoms with Gasteiger partial charge < -0.3 is 20.1 Å². The lowest BCUT2D eigenvalue weighted by molar-refractivity contribution is -0.120. The first-order valence-electron chi connectivity index (χ1n) is 7.63. The van der Waals surface area contributed by atoms with E-state index in [2.05, 4.69) is 29.7 Å². The minimum Gasteiger partial charge on any atom is -0.454 e. The molecule has 0 unspecified atom stereocenters. The van der Waals surface area contributed by atoms with Crippen LogP contribution in [-0.2, 0) is 17.9 Å². The van der Waals surface area contributed by atoms with Crippen LogP contribution in [-0.4, -0.2) is 19.2 Å². The fourth-order valence-corrected chi connectivity index (χ4v) is 2.43. The Bertz CT molecular complexity index is 700. The van der Waals surface area contributed by atoms with Crippen molar-refractivity contribution in [2.24, 2.45) is 0 Å². The molecule has 0 spiro atoms. The zero-order valence-corrected chi connectivity index (χ0v) is 13.1. The largest absolute Gasteiger partial charge is 0.454 e. The van der Waals surface area contributed by atoms with Crippen LogP contribution in [0.1, 0.15) is 16.7 Å². The molecule has 0 aromatic heterocycles. The van der Waals surface area contributed by atoms with Gasteiger partial charge in [-0.3, -0.25) is 4.79 Å². The molecule has 0 bridgehead atoms. The summed E-state index contributed by atoms with van der Waals surface area (Å²) in [6, 6.07) is 13.8. The minimum atomic E-state index is -0.0312. The highest BCUT2D eigenvalue weighted by atomic mass is 16.7. The molecule has 23 heavy (non-hydrogen) atoms. The molecule has 2 aromatic rings. The number of nitrogens with one attached hydrogen (secondary N) is 2. The number of rotatable bonds is 6. The number of carbonyl (C=O) groups excluding carboxylic acids is 1. The number of ether oxygens (including phenoxy) is 2. The number of benzene rings is 2. The molecular formula is C18H20N2O3. The summed E-state index contributed by atoms with van der Waals surface area (Å²) < 4.78 is 10.6. The molecule has 0 saturated heterocycles. The Hall–Kier alpha value is -2.53. The van der Waals surface area contributed by atoms with Crippen molar-refractivity contribution in [3.8, 4) is 11.5 Å². The molecule has 1 aliphatic rings. The minimum absolute atomic E-state index is 0.0312.